The van der Waals surface area contributed by atoms with Crippen LogP contribution in [0.3, 0.4) is 0 Å². The van der Waals surface area contributed by atoms with E-state index in [1.165, 1.54) is 0 Å². The van der Waals surface area contributed by atoms with Crippen molar-refractivity contribution in [2.45, 2.75) is 13.0 Å². The minimum absolute atomic E-state index is 0.484. The summed E-state index contributed by atoms with van der Waals surface area (Å²) in [5.41, 5.74) is 8.65. The van der Waals surface area contributed by atoms with Crippen LogP contribution in [0.4, 0.5) is 5.69 Å². The fourth-order valence-electron chi connectivity index (χ4n) is 1.72. The third kappa shape index (κ3) is 3.28. The molecule has 0 aliphatic carbocycles. The summed E-state index contributed by atoms with van der Waals surface area (Å²) >= 11 is 0. The minimum atomic E-state index is 0.484. The predicted molar refractivity (Wildman–Crippen MR) is 73.3 cm³/mol. The topological polar surface area (TPSA) is 55.0 Å². The van der Waals surface area contributed by atoms with Gasteiger partial charge < -0.3 is 10.6 Å². The normalized spacial score (nSPS) is 10.3. The van der Waals surface area contributed by atoms with Crippen LogP contribution in [0.25, 0.3) is 0 Å². The van der Waals surface area contributed by atoms with Crippen LogP contribution in [0, 0.1) is 0 Å². The fraction of sp³-hybridized carbons (Fsp3) is 0.286. The van der Waals surface area contributed by atoms with Gasteiger partial charge in [0.25, 0.3) is 0 Å². The molecule has 0 atom stereocenters. The van der Waals surface area contributed by atoms with Crippen molar-refractivity contribution in [3.8, 4) is 0 Å². The summed E-state index contributed by atoms with van der Waals surface area (Å²) in [6.07, 6.45) is 4.61. The second-order valence-corrected chi connectivity index (χ2v) is 4.20. The number of hydrogen-bond acceptors (Lipinski definition) is 4. The van der Waals surface area contributed by atoms with Gasteiger partial charge in [0.15, 0.2) is 0 Å². The van der Waals surface area contributed by atoms with Crippen LogP contribution in [0.15, 0.2) is 42.7 Å². The standard InChI is InChI=1S/C14H18N4/c1-18(9-7-12-4-2-3-8-16-12)14-6-5-13(10-15)17-11-14/h2-6,8,11H,7,9-10,15H2,1H3. The summed E-state index contributed by atoms with van der Waals surface area (Å²) in [4.78, 5) is 10.8. The van der Waals surface area contributed by atoms with E-state index < -0.39 is 0 Å². The predicted octanol–water partition coefficient (Wildman–Crippen LogP) is 1.61. The summed E-state index contributed by atoms with van der Waals surface area (Å²) < 4.78 is 0. The minimum Gasteiger partial charge on any atom is -0.373 e. The van der Waals surface area contributed by atoms with Gasteiger partial charge in [0, 0.05) is 38.4 Å². The van der Waals surface area contributed by atoms with Crippen molar-refractivity contribution >= 4 is 5.69 Å². The molecule has 2 heterocycles. The smallest absolute Gasteiger partial charge is 0.0550 e. The van der Waals surface area contributed by atoms with Gasteiger partial charge in [-0.25, -0.2) is 0 Å². The monoisotopic (exact) mass is 242 g/mol. The molecule has 0 aromatic carbocycles. The lowest BCUT2D eigenvalue weighted by atomic mass is 10.2. The zero-order chi connectivity index (χ0) is 12.8. The van der Waals surface area contributed by atoms with E-state index >= 15 is 0 Å². The second kappa shape index (κ2) is 6.12. The molecule has 94 valence electrons. The number of nitrogens with zero attached hydrogens (tertiary/aromatic N) is 3. The molecule has 4 nitrogen and oxygen atoms in total. The molecule has 0 radical (unpaired) electrons. The summed E-state index contributed by atoms with van der Waals surface area (Å²) in [5.74, 6) is 0. The Labute approximate surface area is 107 Å². The number of pyridine rings is 2. The zero-order valence-electron chi connectivity index (χ0n) is 10.6. The highest BCUT2D eigenvalue weighted by molar-refractivity contribution is 5.43. The van der Waals surface area contributed by atoms with Crippen LogP contribution in [0.1, 0.15) is 11.4 Å². The van der Waals surface area contributed by atoms with Gasteiger partial charge in [0.1, 0.15) is 0 Å². The van der Waals surface area contributed by atoms with Gasteiger partial charge in [-0.1, -0.05) is 6.07 Å². The van der Waals surface area contributed by atoms with Gasteiger partial charge in [-0.05, 0) is 24.3 Å². The van der Waals surface area contributed by atoms with E-state index in [1.54, 1.807) is 0 Å². The third-order valence-corrected chi connectivity index (χ3v) is 2.89. The largest absolute Gasteiger partial charge is 0.373 e. The Kier molecular flexibility index (Phi) is 4.25. The molecule has 2 aromatic rings. The van der Waals surface area contributed by atoms with Crippen LogP contribution in [0.2, 0.25) is 0 Å². The molecule has 2 N–H and O–H groups in total. The summed E-state index contributed by atoms with van der Waals surface area (Å²) in [5, 5.41) is 0. The number of likely N-dealkylation sites (N-methyl/N-ethyl adjacent to an activating group) is 1. The SMILES string of the molecule is CN(CCc1ccccn1)c1ccc(CN)nc1. The molecule has 0 amide bonds. The summed E-state index contributed by atoms with van der Waals surface area (Å²) in [6.45, 7) is 1.40. The molecule has 18 heavy (non-hydrogen) atoms. The number of nitrogens with two attached hydrogens (primary N) is 1. The van der Waals surface area contributed by atoms with Crippen molar-refractivity contribution < 1.29 is 0 Å². The van der Waals surface area contributed by atoms with Crippen LogP contribution in [-0.4, -0.2) is 23.6 Å². The molecule has 0 spiro atoms. The highest BCUT2D eigenvalue weighted by Gasteiger charge is 2.02. The van der Waals surface area contributed by atoms with E-state index in [-0.39, 0.29) is 0 Å². The lowest BCUT2D eigenvalue weighted by Gasteiger charge is -2.18. The Morgan fingerprint density at radius 3 is 2.61 bits per heavy atom. The van der Waals surface area contributed by atoms with Gasteiger partial charge in [-0.2, -0.15) is 0 Å². The van der Waals surface area contributed by atoms with E-state index in [2.05, 4.69) is 21.9 Å². The van der Waals surface area contributed by atoms with Crippen molar-refractivity contribution in [3.05, 3.63) is 54.1 Å². The van der Waals surface area contributed by atoms with E-state index in [1.807, 2.05) is 42.7 Å². The Balaban J connectivity index is 1.93. The van der Waals surface area contributed by atoms with E-state index in [0.717, 1.165) is 30.0 Å². The molecule has 0 saturated heterocycles. The van der Waals surface area contributed by atoms with Crippen molar-refractivity contribution in [1.29, 1.82) is 0 Å². The van der Waals surface area contributed by atoms with Crippen LogP contribution >= 0.6 is 0 Å². The average molecular weight is 242 g/mol. The maximum atomic E-state index is 5.53. The van der Waals surface area contributed by atoms with E-state index in [9.17, 15) is 0 Å². The van der Waals surface area contributed by atoms with Gasteiger partial charge in [0.2, 0.25) is 0 Å². The Morgan fingerprint density at radius 2 is 2.00 bits per heavy atom. The van der Waals surface area contributed by atoms with Crippen LogP contribution in [0.5, 0.6) is 0 Å². The lowest BCUT2D eigenvalue weighted by molar-refractivity contribution is 0.847. The van der Waals surface area contributed by atoms with Crippen molar-refractivity contribution in [3.63, 3.8) is 0 Å². The highest BCUT2D eigenvalue weighted by atomic mass is 15.1. The van der Waals surface area contributed by atoms with Gasteiger partial charge in [0.05, 0.1) is 17.6 Å². The lowest BCUT2D eigenvalue weighted by Crippen LogP contribution is -2.20. The molecule has 2 aromatic heterocycles. The number of hydrogen-bond donors (Lipinski definition) is 1. The maximum Gasteiger partial charge on any atom is 0.0550 e. The van der Waals surface area contributed by atoms with Crippen LogP contribution in [-0.2, 0) is 13.0 Å². The molecule has 0 bridgehead atoms. The molecule has 0 fully saturated rings. The first kappa shape index (κ1) is 12.5. The highest BCUT2D eigenvalue weighted by Crippen LogP contribution is 2.11. The average Bonchev–Trinajstić information content (AvgIpc) is 2.46. The Hall–Kier alpha value is -1.94. The summed E-state index contributed by atoms with van der Waals surface area (Å²) in [6, 6.07) is 10.0. The molecule has 2 rings (SSSR count). The molecular weight excluding hydrogens is 224 g/mol. The number of anilines is 1. The first-order valence-electron chi connectivity index (χ1n) is 6.05. The second-order valence-electron chi connectivity index (χ2n) is 4.20. The first-order valence-corrected chi connectivity index (χ1v) is 6.05. The zero-order valence-corrected chi connectivity index (χ0v) is 10.6. The molecule has 0 saturated carbocycles. The number of aromatic nitrogens is 2. The molecule has 0 aliphatic rings. The fourth-order valence-corrected chi connectivity index (χ4v) is 1.72. The maximum absolute atomic E-state index is 5.53. The molecule has 0 aliphatic heterocycles. The van der Waals surface area contributed by atoms with Gasteiger partial charge in [-0.15, -0.1) is 0 Å². The van der Waals surface area contributed by atoms with Crippen molar-refractivity contribution in [2.75, 3.05) is 18.5 Å². The molecular formula is C14H18N4. The van der Waals surface area contributed by atoms with Crippen molar-refractivity contribution in [1.82, 2.24) is 9.97 Å². The van der Waals surface area contributed by atoms with Crippen molar-refractivity contribution in [2.24, 2.45) is 5.73 Å². The quantitative estimate of drug-likeness (QED) is 0.865. The van der Waals surface area contributed by atoms with E-state index in [4.69, 9.17) is 5.73 Å². The van der Waals surface area contributed by atoms with E-state index in [0.29, 0.717) is 6.54 Å². The molecule has 4 heteroatoms. The van der Waals surface area contributed by atoms with Crippen LogP contribution < -0.4 is 10.6 Å². The Morgan fingerprint density at radius 1 is 1.11 bits per heavy atom. The van der Waals surface area contributed by atoms with Gasteiger partial charge >= 0.3 is 0 Å². The Bertz CT molecular complexity index is 467. The third-order valence-electron chi connectivity index (χ3n) is 2.89. The first-order chi connectivity index (χ1) is 8.79. The molecule has 0 unspecified atom stereocenters. The van der Waals surface area contributed by atoms with Gasteiger partial charge in [-0.3, -0.25) is 9.97 Å². The number of rotatable bonds is 5. The summed E-state index contributed by atoms with van der Waals surface area (Å²) in [7, 11) is 2.06.